The maximum atomic E-state index is 5.35. The summed E-state index contributed by atoms with van der Waals surface area (Å²) in [7, 11) is 0. The third kappa shape index (κ3) is 1.14. The van der Waals surface area contributed by atoms with E-state index in [-0.39, 0.29) is 0 Å². The van der Waals surface area contributed by atoms with Gasteiger partial charge in [-0.2, -0.15) is 5.10 Å². The van der Waals surface area contributed by atoms with Crippen LogP contribution in [0.4, 0.5) is 0 Å². The fourth-order valence-electron chi connectivity index (χ4n) is 0.969. The van der Waals surface area contributed by atoms with Crippen LogP contribution in [0.1, 0.15) is 5.89 Å². The first kappa shape index (κ1) is 7.17. The molecule has 0 atom stereocenters. The van der Waals surface area contributed by atoms with E-state index in [0.29, 0.717) is 24.6 Å². The smallest absolute Gasteiger partial charge is 0.266 e. The monoisotopic (exact) mass is 164 g/mol. The Hall–Kier alpha value is -1.49. The van der Waals surface area contributed by atoms with Gasteiger partial charge in [0.25, 0.3) is 5.71 Å². The van der Waals surface area contributed by atoms with E-state index in [1.54, 1.807) is 12.3 Å². The van der Waals surface area contributed by atoms with E-state index in [4.69, 9.17) is 10.2 Å². The van der Waals surface area contributed by atoms with Crippen LogP contribution in [0.25, 0.3) is 11.2 Å². The van der Waals surface area contributed by atoms with Gasteiger partial charge in [0.05, 0.1) is 6.20 Å². The number of hydrogen-bond acceptors (Lipinski definition) is 5. The molecule has 2 N–H and O–H groups in total. The Morgan fingerprint density at radius 2 is 2.42 bits per heavy atom. The molecule has 0 aliphatic carbocycles. The summed E-state index contributed by atoms with van der Waals surface area (Å²) in [5.41, 5.74) is 6.55. The summed E-state index contributed by atoms with van der Waals surface area (Å²) in [5.74, 6) is 0.619. The van der Waals surface area contributed by atoms with Gasteiger partial charge in [0, 0.05) is 13.0 Å². The number of oxazole rings is 1. The molecule has 0 spiro atoms. The lowest BCUT2D eigenvalue weighted by Crippen LogP contribution is -2.02. The molecular weight excluding hydrogens is 156 g/mol. The van der Waals surface area contributed by atoms with Crippen LogP contribution in [0.15, 0.2) is 16.7 Å². The van der Waals surface area contributed by atoms with Crippen LogP contribution in [-0.4, -0.2) is 21.7 Å². The van der Waals surface area contributed by atoms with E-state index in [9.17, 15) is 0 Å². The summed E-state index contributed by atoms with van der Waals surface area (Å²) in [4.78, 5) is 4.15. The fraction of sp³-hybridized carbons (Fsp3) is 0.286. The molecule has 0 radical (unpaired) electrons. The molecule has 5 nitrogen and oxygen atoms in total. The highest BCUT2D eigenvalue weighted by atomic mass is 16.4. The van der Waals surface area contributed by atoms with Crippen LogP contribution >= 0.6 is 0 Å². The van der Waals surface area contributed by atoms with Crippen LogP contribution < -0.4 is 5.73 Å². The second kappa shape index (κ2) is 2.86. The van der Waals surface area contributed by atoms with Gasteiger partial charge in [-0.1, -0.05) is 0 Å². The lowest BCUT2D eigenvalue weighted by Gasteiger charge is -1.84. The molecule has 2 aromatic rings. The minimum Gasteiger partial charge on any atom is -0.421 e. The van der Waals surface area contributed by atoms with Gasteiger partial charge >= 0.3 is 0 Å². The highest BCUT2D eigenvalue weighted by molar-refractivity contribution is 5.66. The Balaban J connectivity index is 2.47. The molecular formula is C7H8N4O. The molecule has 5 heteroatoms. The molecule has 2 aromatic heterocycles. The summed E-state index contributed by atoms with van der Waals surface area (Å²) < 4.78 is 5.24. The Labute approximate surface area is 68.6 Å². The summed E-state index contributed by atoms with van der Waals surface area (Å²) in [6.45, 7) is 0.528. The Morgan fingerprint density at radius 3 is 3.17 bits per heavy atom. The van der Waals surface area contributed by atoms with E-state index >= 15 is 0 Å². The van der Waals surface area contributed by atoms with Gasteiger partial charge in [-0.15, -0.1) is 5.10 Å². The van der Waals surface area contributed by atoms with Gasteiger partial charge in [-0.3, -0.25) is 0 Å². The van der Waals surface area contributed by atoms with Crippen LogP contribution in [0.2, 0.25) is 0 Å². The minimum atomic E-state index is 0.473. The second-order valence-electron chi connectivity index (χ2n) is 2.37. The number of rotatable bonds is 2. The van der Waals surface area contributed by atoms with Crippen molar-refractivity contribution in [2.45, 2.75) is 6.42 Å². The maximum absolute atomic E-state index is 5.35. The normalized spacial score (nSPS) is 10.8. The topological polar surface area (TPSA) is 77.8 Å². The Morgan fingerprint density at radius 1 is 1.50 bits per heavy atom. The van der Waals surface area contributed by atoms with Crippen molar-refractivity contribution in [3.05, 3.63) is 18.2 Å². The third-order valence-corrected chi connectivity index (χ3v) is 1.48. The highest BCUT2D eigenvalue weighted by Crippen LogP contribution is 2.10. The number of nitrogens with two attached hydrogens (primary N) is 1. The predicted molar refractivity (Wildman–Crippen MR) is 42.4 cm³/mol. The average molecular weight is 164 g/mol. The molecule has 0 saturated heterocycles. The molecule has 0 aliphatic rings. The summed E-state index contributed by atoms with van der Waals surface area (Å²) in [6.07, 6.45) is 2.22. The van der Waals surface area contributed by atoms with Crippen molar-refractivity contribution >= 4 is 11.2 Å². The molecule has 0 aliphatic heterocycles. The Kier molecular flexibility index (Phi) is 1.71. The van der Waals surface area contributed by atoms with E-state index in [1.165, 1.54) is 0 Å². The maximum Gasteiger partial charge on any atom is 0.266 e. The van der Waals surface area contributed by atoms with Crippen LogP contribution in [0, 0.1) is 0 Å². The lowest BCUT2D eigenvalue weighted by atomic mass is 10.4. The van der Waals surface area contributed by atoms with E-state index in [2.05, 4.69) is 15.2 Å². The van der Waals surface area contributed by atoms with Crippen LogP contribution in [0.5, 0.6) is 0 Å². The van der Waals surface area contributed by atoms with Gasteiger partial charge in [0.2, 0.25) is 0 Å². The molecule has 0 aromatic carbocycles. The summed E-state index contributed by atoms with van der Waals surface area (Å²) in [5, 5.41) is 7.44. The number of fused-ring (bicyclic) bond motifs is 1. The summed E-state index contributed by atoms with van der Waals surface area (Å²) in [6, 6.07) is 1.76. The number of hydrogen-bond donors (Lipinski definition) is 1. The standard InChI is InChI=1S/C7H8N4O/c8-3-1-6-10-5-2-4-9-11-7(5)12-6/h2,4H,1,3,8H2. The van der Waals surface area contributed by atoms with Crippen molar-refractivity contribution in [1.29, 1.82) is 0 Å². The zero-order valence-electron chi connectivity index (χ0n) is 6.40. The van der Waals surface area contributed by atoms with Gasteiger partial charge in [0.1, 0.15) is 5.52 Å². The average Bonchev–Trinajstić information content (AvgIpc) is 2.47. The molecule has 0 saturated carbocycles. The Bertz CT molecular complexity index is 351. The molecule has 62 valence electrons. The molecule has 2 rings (SSSR count). The summed E-state index contributed by atoms with van der Waals surface area (Å²) >= 11 is 0. The molecule has 2 heterocycles. The van der Waals surface area contributed by atoms with Crippen molar-refractivity contribution in [2.75, 3.05) is 6.54 Å². The predicted octanol–water partition coefficient (Wildman–Crippen LogP) is 0.119. The molecule has 0 amide bonds. The van der Waals surface area contributed by atoms with Gasteiger partial charge < -0.3 is 10.2 Å². The van der Waals surface area contributed by atoms with E-state index < -0.39 is 0 Å². The van der Waals surface area contributed by atoms with Crippen molar-refractivity contribution in [3.8, 4) is 0 Å². The zero-order chi connectivity index (χ0) is 8.39. The van der Waals surface area contributed by atoms with Gasteiger partial charge in [-0.25, -0.2) is 4.98 Å². The largest absolute Gasteiger partial charge is 0.421 e. The van der Waals surface area contributed by atoms with E-state index in [1.807, 2.05) is 0 Å². The first-order valence-corrected chi connectivity index (χ1v) is 3.67. The van der Waals surface area contributed by atoms with Crippen LogP contribution in [0.3, 0.4) is 0 Å². The first-order valence-electron chi connectivity index (χ1n) is 3.67. The minimum absolute atomic E-state index is 0.473. The second-order valence-corrected chi connectivity index (χ2v) is 2.37. The number of aromatic nitrogens is 3. The first-order chi connectivity index (χ1) is 5.90. The number of nitrogens with zero attached hydrogens (tertiary/aromatic N) is 3. The van der Waals surface area contributed by atoms with Crippen molar-refractivity contribution in [1.82, 2.24) is 15.2 Å². The molecule has 0 fully saturated rings. The SMILES string of the molecule is NCCc1nc2ccnnc2o1. The molecule has 12 heavy (non-hydrogen) atoms. The third-order valence-electron chi connectivity index (χ3n) is 1.48. The van der Waals surface area contributed by atoms with Crippen molar-refractivity contribution in [2.24, 2.45) is 5.73 Å². The van der Waals surface area contributed by atoms with Gasteiger partial charge in [0.15, 0.2) is 5.89 Å². The van der Waals surface area contributed by atoms with Crippen molar-refractivity contribution < 1.29 is 4.42 Å². The molecule has 0 bridgehead atoms. The van der Waals surface area contributed by atoms with Crippen molar-refractivity contribution in [3.63, 3.8) is 0 Å². The quantitative estimate of drug-likeness (QED) is 0.682. The highest BCUT2D eigenvalue weighted by Gasteiger charge is 2.04. The fourth-order valence-corrected chi connectivity index (χ4v) is 0.969. The van der Waals surface area contributed by atoms with Crippen LogP contribution in [-0.2, 0) is 6.42 Å². The zero-order valence-corrected chi connectivity index (χ0v) is 6.40. The lowest BCUT2D eigenvalue weighted by molar-refractivity contribution is 0.519. The van der Waals surface area contributed by atoms with E-state index in [0.717, 1.165) is 5.52 Å². The van der Waals surface area contributed by atoms with Gasteiger partial charge in [-0.05, 0) is 6.07 Å². The molecule has 0 unspecified atom stereocenters.